The van der Waals surface area contributed by atoms with E-state index in [4.69, 9.17) is 24.5 Å². The lowest BCUT2D eigenvalue weighted by atomic mass is 9.91. The van der Waals surface area contributed by atoms with Gasteiger partial charge in [-0.1, -0.05) is 6.42 Å². The topological polar surface area (TPSA) is 105 Å². The van der Waals surface area contributed by atoms with Crippen LogP contribution in [0.5, 0.6) is 5.75 Å². The summed E-state index contributed by atoms with van der Waals surface area (Å²) in [6.07, 6.45) is -0.195. The van der Waals surface area contributed by atoms with E-state index in [-0.39, 0.29) is 6.10 Å². The SMILES string of the molecule is O=C(O)C(F)(F)F.O=C(O)C(F)(F)F.c1cncc(OC2CN(C3CCC3)Cc3cccn3C2)c1. The van der Waals surface area contributed by atoms with Crippen molar-refractivity contribution in [2.75, 3.05) is 6.54 Å². The molecule has 1 atom stereocenters. The molecular formula is C21H23F6N3O5. The summed E-state index contributed by atoms with van der Waals surface area (Å²) in [5.74, 6) is -4.65. The van der Waals surface area contributed by atoms with Gasteiger partial charge in [-0.05, 0) is 37.1 Å². The van der Waals surface area contributed by atoms with E-state index in [1.165, 1.54) is 25.0 Å². The van der Waals surface area contributed by atoms with Crippen molar-refractivity contribution in [3.63, 3.8) is 0 Å². The number of alkyl halides is 6. The molecule has 2 aromatic rings. The molecule has 2 N–H and O–H groups in total. The number of carbonyl (C=O) groups is 2. The molecule has 3 heterocycles. The van der Waals surface area contributed by atoms with Gasteiger partial charge in [-0.15, -0.1) is 0 Å². The van der Waals surface area contributed by atoms with Crippen LogP contribution in [0, 0.1) is 0 Å². The molecule has 4 rings (SSSR count). The highest BCUT2D eigenvalue weighted by Crippen LogP contribution is 2.29. The van der Waals surface area contributed by atoms with Crippen LogP contribution in [-0.4, -0.2) is 67.6 Å². The minimum atomic E-state index is -5.08. The van der Waals surface area contributed by atoms with Crippen molar-refractivity contribution in [2.24, 2.45) is 0 Å². The minimum Gasteiger partial charge on any atom is -0.486 e. The fourth-order valence-corrected chi connectivity index (χ4v) is 3.30. The molecule has 1 saturated carbocycles. The number of hydrogen-bond donors (Lipinski definition) is 2. The Bertz CT molecular complexity index is 936. The summed E-state index contributed by atoms with van der Waals surface area (Å²) in [7, 11) is 0. The van der Waals surface area contributed by atoms with Gasteiger partial charge < -0.3 is 19.5 Å². The molecule has 2 aromatic heterocycles. The first-order valence-corrected chi connectivity index (χ1v) is 10.3. The number of carboxylic acid groups (broad SMARTS) is 2. The van der Waals surface area contributed by atoms with Crippen LogP contribution in [0.1, 0.15) is 25.0 Å². The zero-order valence-corrected chi connectivity index (χ0v) is 18.2. The average Bonchev–Trinajstić information content (AvgIpc) is 3.06. The van der Waals surface area contributed by atoms with Crippen LogP contribution < -0.4 is 4.74 Å². The third-order valence-corrected chi connectivity index (χ3v) is 5.14. The van der Waals surface area contributed by atoms with Gasteiger partial charge in [0.05, 0.1) is 12.7 Å². The quantitative estimate of drug-likeness (QED) is 0.601. The Morgan fingerprint density at radius 2 is 1.57 bits per heavy atom. The molecule has 0 spiro atoms. The molecule has 0 aromatic carbocycles. The Labute approximate surface area is 195 Å². The molecular weight excluding hydrogens is 488 g/mol. The number of rotatable bonds is 3. The third-order valence-electron chi connectivity index (χ3n) is 5.14. The number of fused-ring (bicyclic) bond motifs is 1. The summed E-state index contributed by atoms with van der Waals surface area (Å²) < 4.78 is 72.0. The molecule has 1 aliphatic carbocycles. The molecule has 14 heteroatoms. The van der Waals surface area contributed by atoms with Crippen molar-refractivity contribution in [1.82, 2.24) is 14.5 Å². The Morgan fingerprint density at radius 3 is 2.03 bits per heavy atom. The maximum Gasteiger partial charge on any atom is 0.490 e. The van der Waals surface area contributed by atoms with Crippen molar-refractivity contribution >= 4 is 11.9 Å². The van der Waals surface area contributed by atoms with Crippen LogP contribution >= 0.6 is 0 Å². The van der Waals surface area contributed by atoms with E-state index in [1.807, 2.05) is 12.1 Å². The Morgan fingerprint density at radius 1 is 0.971 bits per heavy atom. The molecule has 0 bridgehead atoms. The maximum atomic E-state index is 10.6. The summed E-state index contributed by atoms with van der Waals surface area (Å²) in [4.78, 5) is 24.5. The van der Waals surface area contributed by atoms with Crippen LogP contribution in [0.4, 0.5) is 26.3 Å². The van der Waals surface area contributed by atoms with E-state index < -0.39 is 24.3 Å². The van der Waals surface area contributed by atoms with Crippen LogP contribution in [0.25, 0.3) is 0 Å². The van der Waals surface area contributed by atoms with E-state index in [0.717, 1.165) is 31.4 Å². The van der Waals surface area contributed by atoms with Crippen LogP contribution in [-0.2, 0) is 22.7 Å². The first-order valence-electron chi connectivity index (χ1n) is 10.3. The van der Waals surface area contributed by atoms with E-state index in [0.29, 0.717) is 0 Å². The molecule has 1 aliphatic heterocycles. The standard InChI is InChI=1S/C17H21N3O.2C2HF3O2/c1-4-14(5-1)20-11-15-6-3-9-19(15)12-17(13-20)21-16-7-2-8-18-10-16;2*3-2(4,5)1(6)7/h2-3,6-10,14,17H,1,4-5,11-13H2;2*(H,6,7). The molecule has 8 nitrogen and oxygen atoms in total. The van der Waals surface area contributed by atoms with E-state index in [9.17, 15) is 26.3 Å². The molecule has 0 radical (unpaired) electrons. The third kappa shape index (κ3) is 9.11. The second kappa shape index (κ2) is 11.9. The highest BCUT2D eigenvalue weighted by Gasteiger charge is 2.39. The number of halogens is 6. The summed E-state index contributed by atoms with van der Waals surface area (Å²) in [5, 5.41) is 14.2. The highest BCUT2D eigenvalue weighted by atomic mass is 19.4. The number of pyridine rings is 1. The van der Waals surface area contributed by atoms with Gasteiger partial charge in [0.2, 0.25) is 0 Å². The van der Waals surface area contributed by atoms with Gasteiger partial charge in [0.1, 0.15) is 11.9 Å². The first kappa shape index (κ1) is 28.0. The zero-order valence-electron chi connectivity index (χ0n) is 18.2. The number of aliphatic carboxylic acids is 2. The van der Waals surface area contributed by atoms with Gasteiger partial charge in [0.15, 0.2) is 0 Å². The second-order valence-electron chi connectivity index (χ2n) is 7.70. The van der Waals surface area contributed by atoms with Gasteiger partial charge in [-0.2, -0.15) is 26.3 Å². The van der Waals surface area contributed by atoms with E-state index in [1.54, 1.807) is 12.4 Å². The van der Waals surface area contributed by atoms with Gasteiger partial charge in [0, 0.05) is 37.2 Å². The number of nitrogens with zero attached hydrogens (tertiary/aromatic N) is 3. The fraction of sp³-hybridized carbons (Fsp3) is 0.476. The number of ether oxygens (including phenoxy) is 1. The summed E-state index contributed by atoms with van der Waals surface area (Å²) >= 11 is 0. The van der Waals surface area contributed by atoms with Crippen molar-refractivity contribution in [3.8, 4) is 5.75 Å². The minimum absolute atomic E-state index is 0.184. The lowest BCUT2D eigenvalue weighted by Gasteiger charge is -2.37. The number of aromatic nitrogens is 2. The van der Waals surface area contributed by atoms with Crippen LogP contribution in [0.2, 0.25) is 0 Å². The maximum absolute atomic E-state index is 10.6. The lowest BCUT2D eigenvalue weighted by Crippen LogP contribution is -2.44. The molecule has 35 heavy (non-hydrogen) atoms. The predicted octanol–water partition coefficient (Wildman–Crippen LogP) is 3.97. The van der Waals surface area contributed by atoms with Crippen LogP contribution in [0.3, 0.4) is 0 Å². The Hall–Kier alpha value is -3.29. The normalized spacial score (nSPS) is 18.4. The Balaban J connectivity index is 0.000000257. The largest absolute Gasteiger partial charge is 0.490 e. The van der Waals surface area contributed by atoms with Gasteiger partial charge >= 0.3 is 24.3 Å². The van der Waals surface area contributed by atoms with Crippen molar-refractivity contribution in [1.29, 1.82) is 0 Å². The second-order valence-corrected chi connectivity index (χ2v) is 7.70. The number of hydrogen-bond acceptors (Lipinski definition) is 5. The van der Waals surface area contributed by atoms with Gasteiger partial charge in [-0.25, -0.2) is 9.59 Å². The zero-order chi connectivity index (χ0) is 26.2. The molecule has 2 aliphatic rings. The summed E-state index contributed by atoms with van der Waals surface area (Å²) in [6, 6.07) is 9.03. The summed E-state index contributed by atoms with van der Waals surface area (Å²) in [5.41, 5.74) is 1.40. The fourth-order valence-electron chi connectivity index (χ4n) is 3.30. The smallest absolute Gasteiger partial charge is 0.486 e. The Kier molecular flexibility index (Phi) is 9.51. The molecule has 0 amide bonds. The number of carboxylic acids is 2. The van der Waals surface area contributed by atoms with Crippen LogP contribution in [0.15, 0.2) is 42.9 Å². The molecule has 1 unspecified atom stereocenters. The monoisotopic (exact) mass is 511 g/mol. The first-order chi connectivity index (χ1) is 16.3. The molecule has 194 valence electrons. The van der Waals surface area contributed by atoms with Crippen molar-refractivity contribution in [3.05, 3.63) is 48.5 Å². The molecule has 1 fully saturated rings. The lowest BCUT2D eigenvalue weighted by molar-refractivity contribution is -0.193. The van der Waals surface area contributed by atoms with E-state index in [2.05, 4.69) is 32.8 Å². The predicted molar refractivity (Wildman–Crippen MR) is 109 cm³/mol. The van der Waals surface area contributed by atoms with Crippen molar-refractivity contribution < 1.29 is 50.9 Å². The van der Waals surface area contributed by atoms with Gasteiger partial charge in [0.25, 0.3) is 0 Å². The highest BCUT2D eigenvalue weighted by molar-refractivity contribution is 5.73. The van der Waals surface area contributed by atoms with E-state index >= 15 is 0 Å². The summed E-state index contributed by atoms with van der Waals surface area (Å²) in [6.45, 7) is 2.96. The van der Waals surface area contributed by atoms with Gasteiger partial charge in [-0.3, -0.25) is 9.88 Å². The van der Waals surface area contributed by atoms with Crippen molar-refractivity contribution in [2.45, 2.75) is 56.9 Å². The molecule has 0 saturated heterocycles. The average molecular weight is 511 g/mol.